The first kappa shape index (κ1) is 19.0. The Balaban J connectivity index is 0.000000322. The van der Waals surface area contributed by atoms with Crippen molar-refractivity contribution in [1.82, 2.24) is 5.48 Å². The maximum Gasteiger partial charge on any atom is 0.490 e. The van der Waals surface area contributed by atoms with Gasteiger partial charge >= 0.3 is 12.1 Å². The highest BCUT2D eigenvalue weighted by Crippen LogP contribution is 2.19. The van der Waals surface area contributed by atoms with Crippen LogP contribution in [0.25, 0.3) is 0 Å². The number of benzene rings is 1. The molecular formula is C15H18F3NO4. The molecule has 1 amide bonds. The average molecular weight is 333 g/mol. The van der Waals surface area contributed by atoms with Crippen LogP contribution in [0.15, 0.2) is 30.3 Å². The number of carboxylic acid groups (broad SMARTS) is 1. The molecule has 23 heavy (non-hydrogen) atoms. The maximum atomic E-state index is 11.7. The molecule has 0 aliphatic heterocycles. The highest BCUT2D eigenvalue weighted by atomic mass is 19.4. The minimum atomic E-state index is -5.08. The number of carbonyl (C=O) groups excluding carboxylic acids is 1. The SMILES string of the molecule is O=C(NOC1CCCCC1)c1ccccc1.O=C(O)C(F)(F)F. The van der Waals surface area contributed by atoms with E-state index in [4.69, 9.17) is 14.7 Å². The van der Waals surface area contributed by atoms with Crippen molar-refractivity contribution in [1.29, 1.82) is 0 Å². The highest BCUT2D eigenvalue weighted by molar-refractivity contribution is 5.93. The van der Waals surface area contributed by atoms with Crippen LogP contribution >= 0.6 is 0 Å². The number of hydroxylamine groups is 1. The lowest BCUT2D eigenvalue weighted by Crippen LogP contribution is -2.30. The molecular weight excluding hydrogens is 315 g/mol. The van der Waals surface area contributed by atoms with Crippen molar-refractivity contribution < 1.29 is 32.7 Å². The van der Waals surface area contributed by atoms with Gasteiger partial charge in [-0.3, -0.25) is 9.63 Å². The Morgan fingerprint density at radius 1 is 1.09 bits per heavy atom. The predicted molar refractivity (Wildman–Crippen MR) is 75.6 cm³/mol. The molecule has 2 rings (SSSR count). The first-order chi connectivity index (χ1) is 10.8. The summed E-state index contributed by atoms with van der Waals surface area (Å²) in [6, 6.07) is 9.13. The number of alkyl halides is 3. The van der Waals surface area contributed by atoms with E-state index < -0.39 is 12.1 Å². The van der Waals surface area contributed by atoms with Gasteiger partial charge in [-0.15, -0.1) is 0 Å². The van der Waals surface area contributed by atoms with E-state index in [1.165, 1.54) is 19.3 Å². The Bertz CT molecular complexity index is 499. The van der Waals surface area contributed by atoms with Gasteiger partial charge in [-0.25, -0.2) is 10.3 Å². The average Bonchev–Trinajstić information content (AvgIpc) is 2.54. The van der Waals surface area contributed by atoms with E-state index in [9.17, 15) is 18.0 Å². The van der Waals surface area contributed by atoms with Crippen LogP contribution in [0.3, 0.4) is 0 Å². The summed E-state index contributed by atoms with van der Waals surface area (Å²) in [5.41, 5.74) is 3.17. The Hall–Kier alpha value is -2.09. The summed E-state index contributed by atoms with van der Waals surface area (Å²) in [6.45, 7) is 0. The molecule has 2 N–H and O–H groups in total. The van der Waals surface area contributed by atoms with Crippen LogP contribution in [-0.4, -0.2) is 29.3 Å². The van der Waals surface area contributed by atoms with Gasteiger partial charge in [0.15, 0.2) is 0 Å². The number of hydrogen-bond acceptors (Lipinski definition) is 3. The van der Waals surface area contributed by atoms with Crippen molar-refractivity contribution in [3.8, 4) is 0 Å². The summed E-state index contributed by atoms with van der Waals surface area (Å²) in [5, 5.41) is 7.12. The van der Waals surface area contributed by atoms with Gasteiger partial charge in [0.2, 0.25) is 0 Å². The summed E-state index contributed by atoms with van der Waals surface area (Å²) in [5.74, 6) is -2.92. The predicted octanol–water partition coefficient (Wildman–Crippen LogP) is 3.31. The molecule has 8 heteroatoms. The van der Waals surface area contributed by atoms with Gasteiger partial charge < -0.3 is 5.11 Å². The third kappa shape index (κ3) is 7.64. The van der Waals surface area contributed by atoms with Gasteiger partial charge in [0, 0.05) is 5.56 Å². The number of carboxylic acids is 1. The molecule has 1 fully saturated rings. The second kappa shape index (κ2) is 9.14. The van der Waals surface area contributed by atoms with E-state index >= 15 is 0 Å². The standard InChI is InChI=1S/C13H17NO2.C2HF3O2/c15-13(11-7-3-1-4-8-11)14-16-12-9-5-2-6-10-12;3-2(4,5)1(6)7/h1,3-4,7-8,12H,2,5-6,9-10H2,(H,14,15);(H,6,7). The van der Waals surface area contributed by atoms with Crippen molar-refractivity contribution in [3.05, 3.63) is 35.9 Å². The number of amides is 1. The number of aliphatic carboxylic acids is 1. The van der Waals surface area contributed by atoms with Crippen LogP contribution < -0.4 is 5.48 Å². The van der Waals surface area contributed by atoms with Crippen LogP contribution in [0, 0.1) is 0 Å². The van der Waals surface area contributed by atoms with E-state index in [1.807, 2.05) is 18.2 Å². The molecule has 1 saturated carbocycles. The Morgan fingerprint density at radius 2 is 1.61 bits per heavy atom. The van der Waals surface area contributed by atoms with E-state index in [2.05, 4.69) is 5.48 Å². The summed E-state index contributed by atoms with van der Waals surface area (Å²) in [6.07, 6.45) is 0.899. The molecule has 5 nitrogen and oxygen atoms in total. The fourth-order valence-electron chi connectivity index (χ4n) is 1.97. The fraction of sp³-hybridized carbons (Fsp3) is 0.467. The van der Waals surface area contributed by atoms with Crippen LogP contribution in [-0.2, 0) is 9.63 Å². The maximum absolute atomic E-state index is 11.7. The molecule has 0 heterocycles. The Kier molecular flexibility index (Phi) is 7.53. The van der Waals surface area contributed by atoms with Gasteiger partial charge in [-0.1, -0.05) is 37.5 Å². The molecule has 0 radical (unpaired) electrons. The molecule has 128 valence electrons. The van der Waals surface area contributed by atoms with E-state index in [1.54, 1.807) is 12.1 Å². The summed E-state index contributed by atoms with van der Waals surface area (Å²) in [7, 11) is 0. The zero-order valence-corrected chi connectivity index (χ0v) is 12.3. The first-order valence-corrected chi connectivity index (χ1v) is 7.12. The van der Waals surface area contributed by atoms with Crippen molar-refractivity contribution in [2.45, 2.75) is 44.4 Å². The highest BCUT2D eigenvalue weighted by Gasteiger charge is 2.38. The lowest BCUT2D eigenvalue weighted by Gasteiger charge is -2.21. The molecule has 1 aromatic carbocycles. The van der Waals surface area contributed by atoms with Crippen LogP contribution in [0.1, 0.15) is 42.5 Å². The number of halogens is 3. The van der Waals surface area contributed by atoms with Crippen LogP contribution in [0.4, 0.5) is 13.2 Å². The fourth-order valence-corrected chi connectivity index (χ4v) is 1.97. The van der Waals surface area contributed by atoms with E-state index in [0.717, 1.165) is 12.8 Å². The minimum absolute atomic E-state index is 0.161. The Morgan fingerprint density at radius 3 is 2.09 bits per heavy atom. The minimum Gasteiger partial charge on any atom is -0.475 e. The van der Waals surface area contributed by atoms with Crippen LogP contribution in [0.2, 0.25) is 0 Å². The van der Waals surface area contributed by atoms with Gasteiger partial charge in [-0.05, 0) is 25.0 Å². The molecule has 0 spiro atoms. The number of carbonyl (C=O) groups is 2. The van der Waals surface area contributed by atoms with Gasteiger partial charge in [-0.2, -0.15) is 13.2 Å². The summed E-state index contributed by atoms with van der Waals surface area (Å²) in [4.78, 5) is 25.9. The second-order valence-corrected chi connectivity index (χ2v) is 4.98. The zero-order chi connectivity index (χ0) is 17.3. The molecule has 0 saturated heterocycles. The van der Waals surface area contributed by atoms with Gasteiger partial charge in [0.25, 0.3) is 5.91 Å². The molecule has 0 aromatic heterocycles. The Labute approximate surface area is 131 Å². The molecule has 0 bridgehead atoms. The molecule has 0 unspecified atom stereocenters. The van der Waals surface area contributed by atoms with Gasteiger partial charge in [0.05, 0.1) is 6.10 Å². The smallest absolute Gasteiger partial charge is 0.475 e. The monoisotopic (exact) mass is 333 g/mol. The molecule has 1 aliphatic carbocycles. The van der Waals surface area contributed by atoms with Gasteiger partial charge in [0.1, 0.15) is 0 Å². The van der Waals surface area contributed by atoms with Crippen molar-refractivity contribution in [2.24, 2.45) is 0 Å². The van der Waals surface area contributed by atoms with Crippen molar-refractivity contribution in [2.75, 3.05) is 0 Å². The number of hydrogen-bond donors (Lipinski definition) is 2. The van der Waals surface area contributed by atoms with E-state index in [0.29, 0.717) is 5.56 Å². The first-order valence-electron chi connectivity index (χ1n) is 7.12. The quantitative estimate of drug-likeness (QED) is 0.832. The third-order valence-corrected chi connectivity index (χ3v) is 3.15. The lowest BCUT2D eigenvalue weighted by atomic mass is 9.98. The van der Waals surface area contributed by atoms with Crippen molar-refractivity contribution >= 4 is 11.9 Å². The molecule has 1 aliphatic rings. The lowest BCUT2D eigenvalue weighted by molar-refractivity contribution is -0.192. The topological polar surface area (TPSA) is 75.6 Å². The van der Waals surface area contributed by atoms with Crippen LogP contribution in [0.5, 0.6) is 0 Å². The summed E-state index contributed by atoms with van der Waals surface area (Å²) >= 11 is 0. The van der Waals surface area contributed by atoms with Crippen molar-refractivity contribution in [3.63, 3.8) is 0 Å². The molecule has 1 aromatic rings. The number of nitrogens with one attached hydrogen (secondary N) is 1. The second-order valence-electron chi connectivity index (χ2n) is 4.98. The molecule has 0 atom stereocenters. The van der Waals surface area contributed by atoms with E-state index in [-0.39, 0.29) is 12.0 Å². The summed E-state index contributed by atoms with van der Waals surface area (Å²) < 4.78 is 31.7. The zero-order valence-electron chi connectivity index (χ0n) is 12.3. The number of rotatable bonds is 3. The third-order valence-electron chi connectivity index (χ3n) is 3.15. The normalized spacial score (nSPS) is 15.3. The largest absolute Gasteiger partial charge is 0.490 e.